The zero-order valence-corrected chi connectivity index (χ0v) is 15.5. The van der Waals surface area contributed by atoms with E-state index in [2.05, 4.69) is 39.2 Å². The fraction of sp³-hybridized carbons (Fsp3) is 0.474. The summed E-state index contributed by atoms with van der Waals surface area (Å²) >= 11 is 1.99. The highest BCUT2D eigenvalue weighted by atomic mass is 32.2. The third-order valence-electron chi connectivity index (χ3n) is 4.54. The number of nitrogens with one attached hydrogen (secondary N) is 1. The minimum absolute atomic E-state index is 0.121. The van der Waals surface area contributed by atoms with Crippen molar-refractivity contribution in [1.82, 2.24) is 9.97 Å². The Morgan fingerprint density at radius 1 is 1.20 bits per heavy atom. The van der Waals surface area contributed by atoms with Gasteiger partial charge in [0.05, 0.1) is 6.61 Å². The third kappa shape index (κ3) is 5.09. The molecule has 0 saturated carbocycles. The molecule has 2 heterocycles. The van der Waals surface area contributed by atoms with E-state index in [1.807, 2.05) is 36.0 Å². The van der Waals surface area contributed by atoms with Crippen LogP contribution in [0.5, 0.6) is 0 Å². The molecule has 6 heteroatoms. The van der Waals surface area contributed by atoms with Gasteiger partial charge in [-0.25, -0.2) is 9.97 Å². The first-order valence-corrected chi connectivity index (χ1v) is 9.87. The van der Waals surface area contributed by atoms with Crippen molar-refractivity contribution >= 4 is 23.4 Å². The van der Waals surface area contributed by atoms with Crippen LogP contribution in [0.3, 0.4) is 0 Å². The van der Waals surface area contributed by atoms with E-state index < -0.39 is 0 Å². The van der Waals surface area contributed by atoms with Crippen molar-refractivity contribution in [1.29, 1.82) is 0 Å². The largest absolute Gasteiger partial charge is 0.396 e. The number of anilines is 2. The zero-order valence-electron chi connectivity index (χ0n) is 14.7. The van der Waals surface area contributed by atoms with Gasteiger partial charge in [0.25, 0.3) is 0 Å². The van der Waals surface area contributed by atoms with E-state index in [9.17, 15) is 5.11 Å². The summed E-state index contributed by atoms with van der Waals surface area (Å²) in [6.07, 6.45) is 2.44. The number of thioether (sulfide) groups is 1. The van der Waals surface area contributed by atoms with Crippen LogP contribution in [-0.4, -0.2) is 52.8 Å². The summed E-state index contributed by atoms with van der Waals surface area (Å²) in [7, 11) is 0. The highest BCUT2D eigenvalue weighted by Crippen LogP contribution is 2.24. The molecule has 1 fully saturated rings. The molecule has 1 aliphatic rings. The van der Waals surface area contributed by atoms with Crippen LogP contribution in [0.2, 0.25) is 0 Å². The average molecular weight is 359 g/mol. The summed E-state index contributed by atoms with van der Waals surface area (Å²) in [5.74, 6) is 4.08. The van der Waals surface area contributed by atoms with Gasteiger partial charge in [-0.05, 0) is 12.0 Å². The summed E-state index contributed by atoms with van der Waals surface area (Å²) in [5, 5.41) is 13.3. The molecule has 1 aromatic heterocycles. The molecule has 2 aromatic rings. The quantitative estimate of drug-likeness (QED) is 0.793. The lowest BCUT2D eigenvalue weighted by Crippen LogP contribution is -2.34. The Kier molecular flexibility index (Phi) is 6.15. The Bertz CT molecular complexity index is 663. The predicted octanol–water partition coefficient (Wildman–Crippen LogP) is 2.68. The number of hydrogen-bond donors (Lipinski definition) is 2. The zero-order chi connectivity index (χ0) is 17.5. The molecule has 0 amide bonds. The fourth-order valence-corrected chi connectivity index (χ4v) is 3.88. The molecule has 0 bridgehead atoms. The van der Waals surface area contributed by atoms with Crippen molar-refractivity contribution < 1.29 is 5.11 Å². The lowest BCUT2D eigenvalue weighted by molar-refractivity contribution is 0.153. The summed E-state index contributed by atoms with van der Waals surface area (Å²) in [6.45, 7) is 4.94. The van der Waals surface area contributed by atoms with Gasteiger partial charge in [-0.15, -0.1) is 0 Å². The highest BCUT2D eigenvalue weighted by Gasteiger charge is 2.24. The maximum Gasteiger partial charge on any atom is 0.134 e. The van der Waals surface area contributed by atoms with Crippen LogP contribution in [0.1, 0.15) is 12.5 Å². The molecule has 1 aromatic carbocycles. The first-order valence-electron chi connectivity index (χ1n) is 8.72. The number of nitrogens with zero attached hydrogens (tertiary/aromatic N) is 3. The summed E-state index contributed by atoms with van der Waals surface area (Å²) < 4.78 is 0. The lowest BCUT2D eigenvalue weighted by atomic mass is 9.84. The summed E-state index contributed by atoms with van der Waals surface area (Å²) in [5.41, 5.74) is 0.990. The van der Waals surface area contributed by atoms with Crippen LogP contribution in [0.15, 0.2) is 42.7 Å². The monoisotopic (exact) mass is 358 g/mol. The minimum Gasteiger partial charge on any atom is -0.396 e. The number of hydrogen-bond acceptors (Lipinski definition) is 6. The molecule has 1 atom stereocenters. The van der Waals surface area contributed by atoms with Crippen LogP contribution in [0, 0.1) is 5.41 Å². The van der Waals surface area contributed by atoms with Gasteiger partial charge in [-0.3, -0.25) is 0 Å². The van der Waals surface area contributed by atoms with Gasteiger partial charge >= 0.3 is 0 Å². The molecule has 2 N–H and O–H groups in total. The van der Waals surface area contributed by atoms with E-state index in [1.165, 1.54) is 5.56 Å². The third-order valence-corrected chi connectivity index (χ3v) is 5.48. The van der Waals surface area contributed by atoms with Gasteiger partial charge in [-0.1, -0.05) is 37.3 Å². The number of aliphatic hydroxyl groups is 1. The number of aromatic nitrogens is 2. The Hall–Kier alpha value is -1.79. The van der Waals surface area contributed by atoms with Gasteiger partial charge in [-0.2, -0.15) is 11.8 Å². The predicted molar refractivity (Wildman–Crippen MR) is 105 cm³/mol. The topological polar surface area (TPSA) is 61.3 Å². The van der Waals surface area contributed by atoms with E-state index in [-0.39, 0.29) is 12.0 Å². The number of rotatable bonds is 7. The number of benzene rings is 1. The van der Waals surface area contributed by atoms with Gasteiger partial charge < -0.3 is 15.3 Å². The van der Waals surface area contributed by atoms with Crippen molar-refractivity contribution in [3.05, 3.63) is 48.3 Å². The lowest BCUT2D eigenvalue weighted by Gasteiger charge is -2.29. The second-order valence-electron chi connectivity index (χ2n) is 6.85. The molecule has 1 unspecified atom stereocenters. The molecule has 3 rings (SSSR count). The molecule has 134 valence electrons. The Morgan fingerprint density at radius 3 is 2.68 bits per heavy atom. The van der Waals surface area contributed by atoms with Gasteiger partial charge in [0.2, 0.25) is 0 Å². The van der Waals surface area contributed by atoms with Crippen LogP contribution >= 0.6 is 11.8 Å². The van der Waals surface area contributed by atoms with E-state index in [0.717, 1.165) is 42.7 Å². The second kappa shape index (κ2) is 8.54. The van der Waals surface area contributed by atoms with E-state index in [0.29, 0.717) is 6.54 Å². The van der Waals surface area contributed by atoms with Crippen molar-refractivity contribution in [2.24, 2.45) is 5.41 Å². The Labute approximate surface area is 153 Å². The first-order chi connectivity index (χ1) is 12.2. The molecular weight excluding hydrogens is 332 g/mol. The van der Waals surface area contributed by atoms with Gasteiger partial charge in [0.1, 0.15) is 18.0 Å². The van der Waals surface area contributed by atoms with E-state index in [1.54, 1.807) is 6.33 Å². The van der Waals surface area contributed by atoms with Crippen LogP contribution in [-0.2, 0) is 6.42 Å². The van der Waals surface area contributed by atoms with Crippen molar-refractivity contribution in [3.8, 4) is 0 Å². The maximum absolute atomic E-state index is 9.90. The summed E-state index contributed by atoms with van der Waals surface area (Å²) in [4.78, 5) is 11.1. The van der Waals surface area contributed by atoms with Gasteiger partial charge in [0.15, 0.2) is 0 Å². The second-order valence-corrected chi connectivity index (χ2v) is 8.07. The van der Waals surface area contributed by atoms with Crippen LogP contribution in [0.4, 0.5) is 11.6 Å². The Balaban J connectivity index is 1.63. The SMILES string of the molecule is CC(CO)(CNc1cc(N2CCSCC2)ncn1)Cc1ccccc1. The van der Waals surface area contributed by atoms with Crippen molar-refractivity contribution in [2.75, 3.05) is 48.0 Å². The van der Waals surface area contributed by atoms with E-state index >= 15 is 0 Å². The first kappa shape index (κ1) is 18.0. The Morgan fingerprint density at radius 2 is 1.96 bits per heavy atom. The maximum atomic E-state index is 9.90. The van der Waals surface area contributed by atoms with E-state index in [4.69, 9.17) is 0 Å². The normalized spacial score (nSPS) is 17.1. The molecule has 1 saturated heterocycles. The van der Waals surface area contributed by atoms with Crippen molar-refractivity contribution in [2.45, 2.75) is 13.3 Å². The van der Waals surface area contributed by atoms with Crippen LogP contribution < -0.4 is 10.2 Å². The summed E-state index contributed by atoms with van der Waals surface area (Å²) in [6, 6.07) is 12.3. The standard InChI is InChI=1S/C19H26N4OS/c1-19(14-24,12-16-5-3-2-4-6-16)13-20-17-11-18(22-15-21-17)23-7-9-25-10-8-23/h2-6,11,15,24H,7-10,12-14H2,1H3,(H,20,21,22). The van der Waals surface area contributed by atoms with Gasteiger partial charge in [0, 0.05) is 42.6 Å². The fourth-order valence-electron chi connectivity index (χ4n) is 2.98. The average Bonchev–Trinajstić information content (AvgIpc) is 2.68. The molecular formula is C19H26N4OS. The van der Waals surface area contributed by atoms with Crippen molar-refractivity contribution in [3.63, 3.8) is 0 Å². The number of aliphatic hydroxyl groups excluding tert-OH is 1. The molecule has 0 spiro atoms. The molecule has 1 aliphatic heterocycles. The molecule has 0 aliphatic carbocycles. The smallest absolute Gasteiger partial charge is 0.134 e. The minimum atomic E-state index is -0.242. The molecule has 0 radical (unpaired) electrons. The molecule has 5 nitrogen and oxygen atoms in total. The highest BCUT2D eigenvalue weighted by molar-refractivity contribution is 7.99. The van der Waals surface area contributed by atoms with Crippen LogP contribution in [0.25, 0.3) is 0 Å². The molecule has 25 heavy (non-hydrogen) atoms.